The molecule has 0 aromatic heterocycles. The number of carbonyl (C=O) groups is 1. The first kappa shape index (κ1) is 12.5. The third-order valence-electron chi connectivity index (χ3n) is 3.23. The second kappa shape index (κ2) is 4.94. The predicted molar refractivity (Wildman–Crippen MR) is 59.4 cm³/mol. The number of hydrogen-bond donors (Lipinski definition) is 3. The van der Waals surface area contributed by atoms with Gasteiger partial charge in [0.25, 0.3) is 0 Å². The SMILES string of the molecule is CC(C)[C@@H](CO)NC(=O)C1(C)CCNC1. The summed E-state index contributed by atoms with van der Waals surface area (Å²) in [4.78, 5) is 12.0. The van der Waals surface area contributed by atoms with Crippen LogP contribution >= 0.6 is 0 Å². The summed E-state index contributed by atoms with van der Waals surface area (Å²) in [6.45, 7) is 7.60. The van der Waals surface area contributed by atoms with E-state index in [1.807, 2.05) is 20.8 Å². The second-order valence-corrected chi connectivity index (χ2v) is 4.99. The Morgan fingerprint density at radius 1 is 1.60 bits per heavy atom. The van der Waals surface area contributed by atoms with Gasteiger partial charge in [0.1, 0.15) is 0 Å². The zero-order valence-electron chi connectivity index (χ0n) is 9.84. The number of aliphatic hydroxyl groups excluding tert-OH is 1. The number of carbonyl (C=O) groups excluding carboxylic acids is 1. The molecule has 1 aliphatic heterocycles. The Kier molecular flexibility index (Phi) is 4.11. The van der Waals surface area contributed by atoms with Gasteiger partial charge in [-0.25, -0.2) is 0 Å². The van der Waals surface area contributed by atoms with Crippen LogP contribution in [0.2, 0.25) is 0 Å². The maximum absolute atomic E-state index is 12.0. The van der Waals surface area contributed by atoms with E-state index in [1.54, 1.807) is 0 Å². The van der Waals surface area contributed by atoms with E-state index in [1.165, 1.54) is 0 Å². The minimum Gasteiger partial charge on any atom is -0.394 e. The van der Waals surface area contributed by atoms with Gasteiger partial charge < -0.3 is 15.7 Å². The highest BCUT2D eigenvalue weighted by Gasteiger charge is 2.37. The van der Waals surface area contributed by atoms with Crippen molar-refractivity contribution in [2.75, 3.05) is 19.7 Å². The van der Waals surface area contributed by atoms with Crippen molar-refractivity contribution in [3.05, 3.63) is 0 Å². The average molecular weight is 214 g/mol. The van der Waals surface area contributed by atoms with E-state index in [4.69, 9.17) is 5.11 Å². The van der Waals surface area contributed by atoms with E-state index < -0.39 is 0 Å². The quantitative estimate of drug-likeness (QED) is 0.623. The van der Waals surface area contributed by atoms with Crippen LogP contribution in [0.15, 0.2) is 0 Å². The van der Waals surface area contributed by atoms with Gasteiger partial charge >= 0.3 is 0 Å². The average Bonchev–Trinajstić information content (AvgIpc) is 2.61. The van der Waals surface area contributed by atoms with Gasteiger partial charge in [-0.2, -0.15) is 0 Å². The molecule has 1 fully saturated rings. The van der Waals surface area contributed by atoms with Crippen LogP contribution in [0, 0.1) is 11.3 Å². The molecule has 88 valence electrons. The molecule has 15 heavy (non-hydrogen) atoms. The van der Waals surface area contributed by atoms with E-state index in [9.17, 15) is 4.79 Å². The number of rotatable bonds is 4. The summed E-state index contributed by atoms with van der Waals surface area (Å²) < 4.78 is 0. The Bertz CT molecular complexity index is 223. The molecule has 0 aromatic rings. The molecule has 1 heterocycles. The van der Waals surface area contributed by atoms with Crippen LogP contribution in [0.1, 0.15) is 27.2 Å². The van der Waals surface area contributed by atoms with Crippen LogP contribution in [0.5, 0.6) is 0 Å². The molecule has 0 radical (unpaired) electrons. The predicted octanol–water partition coefficient (Wildman–Crippen LogP) is 0.119. The first-order chi connectivity index (χ1) is 6.99. The van der Waals surface area contributed by atoms with Gasteiger partial charge in [-0.05, 0) is 25.8 Å². The lowest BCUT2D eigenvalue weighted by atomic mass is 9.88. The summed E-state index contributed by atoms with van der Waals surface area (Å²) in [5.74, 6) is 0.317. The molecule has 1 unspecified atom stereocenters. The lowest BCUT2D eigenvalue weighted by Gasteiger charge is -2.27. The first-order valence-electron chi connectivity index (χ1n) is 5.62. The molecular weight excluding hydrogens is 192 g/mol. The zero-order chi connectivity index (χ0) is 11.5. The standard InChI is InChI=1S/C11H22N2O2/c1-8(2)9(6-14)13-10(15)11(3)4-5-12-7-11/h8-9,12,14H,4-7H2,1-3H3,(H,13,15)/t9-,11?/m1/s1. The molecule has 1 aliphatic rings. The molecular formula is C11H22N2O2. The molecule has 3 N–H and O–H groups in total. The topological polar surface area (TPSA) is 61.4 Å². The molecule has 4 heteroatoms. The Labute approximate surface area is 91.4 Å². The smallest absolute Gasteiger partial charge is 0.227 e. The molecule has 0 saturated carbocycles. The van der Waals surface area contributed by atoms with Gasteiger partial charge in [-0.15, -0.1) is 0 Å². The van der Waals surface area contributed by atoms with Crippen LogP contribution in [-0.2, 0) is 4.79 Å². The van der Waals surface area contributed by atoms with Crippen molar-refractivity contribution in [3.8, 4) is 0 Å². The highest BCUT2D eigenvalue weighted by Crippen LogP contribution is 2.24. The highest BCUT2D eigenvalue weighted by molar-refractivity contribution is 5.83. The molecule has 0 bridgehead atoms. The molecule has 2 atom stereocenters. The van der Waals surface area contributed by atoms with Crippen LogP contribution in [0.4, 0.5) is 0 Å². The Balaban J connectivity index is 2.53. The summed E-state index contributed by atoms with van der Waals surface area (Å²) in [7, 11) is 0. The van der Waals surface area contributed by atoms with E-state index in [0.29, 0.717) is 0 Å². The van der Waals surface area contributed by atoms with Gasteiger partial charge in [-0.3, -0.25) is 4.79 Å². The van der Waals surface area contributed by atoms with Crippen molar-refractivity contribution in [2.45, 2.75) is 33.2 Å². The maximum atomic E-state index is 12.0. The summed E-state index contributed by atoms with van der Waals surface area (Å²) >= 11 is 0. The molecule has 0 aromatic carbocycles. The van der Waals surface area contributed by atoms with E-state index in [0.717, 1.165) is 19.5 Å². The molecule has 1 rings (SSSR count). The number of hydrogen-bond acceptors (Lipinski definition) is 3. The minimum atomic E-state index is -0.303. The van der Waals surface area contributed by atoms with Gasteiger partial charge in [0, 0.05) is 6.54 Å². The lowest BCUT2D eigenvalue weighted by molar-refractivity contribution is -0.130. The molecule has 1 saturated heterocycles. The Hall–Kier alpha value is -0.610. The van der Waals surface area contributed by atoms with E-state index >= 15 is 0 Å². The van der Waals surface area contributed by atoms with Crippen molar-refractivity contribution >= 4 is 5.91 Å². The molecule has 0 aliphatic carbocycles. The number of nitrogens with one attached hydrogen (secondary N) is 2. The maximum Gasteiger partial charge on any atom is 0.227 e. The summed E-state index contributed by atoms with van der Waals surface area (Å²) in [6, 6.07) is -0.130. The van der Waals surface area contributed by atoms with E-state index in [2.05, 4.69) is 10.6 Å². The monoisotopic (exact) mass is 214 g/mol. The van der Waals surface area contributed by atoms with Crippen LogP contribution in [0.3, 0.4) is 0 Å². The largest absolute Gasteiger partial charge is 0.394 e. The third kappa shape index (κ3) is 2.92. The number of aliphatic hydroxyl groups is 1. The third-order valence-corrected chi connectivity index (χ3v) is 3.23. The number of amides is 1. The zero-order valence-corrected chi connectivity index (χ0v) is 9.84. The summed E-state index contributed by atoms with van der Waals surface area (Å²) in [5.41, 5.74) is -0.303. The van der Waals surface area contributed by atoms with E-state index in [-0.39, 0.29) is 29.9 Å². The normalized spacial score (nSPS) is 28.1. The fourth-order valence-electron chi connectivity index (χ4n) is 1.78. The van der Waals surface area contributed by atoms with Crippen molar-refractivity contribution in [1.82, 2.24) is 10.6 Å². The van der Waals surface area contributed by atoms with Gasteiger partial charge in [0.15, 0.2) is 0 Å². The highest BCUT2D eigenvalue weighted by atomic mass is 16.3. The fraction of sp³-hybridized carbons (Fsp3) is 0.909. The van der Waals surface area contributed by atoms with Crippen molar-refractivity contribution in [3.63, 3.8) is 0 Å². The first-order valence-corrected chi connectivity index (χ1v) is 5.62. The Morgan fingerprint density at radius 2 is 2.27 bits per heavy atom. The van der Waals surface area contributed by atoms with Gasteiger partial charge in [0.2, 0.25) is 5.91 Å². The molecule has 4 nitrogen and oxygen atoms in total. The van der Waals surface area contributed by atoms with Crippen molar-refractivity contribution < 1.29 is 9.90 Å². The van der Waals surface area contributed by atoms with Crippen LogP contribution in [0.25, 0.3) is 0 Å². The van der Waals surface area contributed by atoms with Crippen LogP contribution in [-0.4, -0.2) is 36.8 Å². The van der Waals surface area contributed by atoms with Gasteiger partial charge in [0.05, 0.1) is 18.1 Å². The lowest BCUT2D eigenvalue weighted by Crippen LogP contribution is -2.48. The van der Waals surface area contributed by atoms with Crippen LogP contribution < -0.4 is 10.6 Å². The summed E-state index contributed by atoms with van der Waals surface area (Å²) in [5, 5.41) is 15.3. The summed E-state index contributed by atoms with van der Waals surface area (Å²) in [6.07, 6.45) is 0.870. The second-order valence-electron chi connectivity index (χ2n) is 4.99. The van der Waals surface area contributed by atoms with Gasteiger partial charge in [-0.1, -0.05) is 13.8 Å². The minimum absolute atomic E-state index is 0.00686. The molecule has 0 spiro atoms. The van der Waals surface area contributed by atoms with Crippen molar-refractivity contribution in [1.29, 1.82) is 0 Å². The fourth-order valence-corrected chi connectivity index (χ4v) is 1.78. The Morgan fingerprint density at radius 3 is 2.67 bits per heavy atom. The van der Waals surface area contributed by atoms with Crippen molar-refractivity contribution in [2.24, 2.45) is 11.3 Å². The molecule has 1 amide bonds.